The van der Waals surface area contributed by atoms with Crippen molar-refractivity contribution in [3.63, 3.8) is 0 Å². The minimum absolute atomic E-state index is 0.375. The van der Waals surface area contributed by atoms with E-state index in [0.717, 1.165) is 22.4 Å². The summed E-state index contributed by atoms with van der Waals surface area (Å²) in [6.45, 7) is 3.65. The number of carbonyl (C=O) groups excluding carboxylic acids is 1. The van der Waals surface area contributed by atoms with Crippen molar-refractivity contribution in [3.8, 4) is 5.75 Å². The van der Waals surface area contributed by atoms with Gasteiger partial charge in [0.15, 0.2) is 0 Å². The Labute approximate surface area is 148 Å². The fourth-order valence-electron chi connectivity index (χ4n) is 2.42. The molecule has 1 atom stereocenters. The summed E-state index contributed by atoms with van der Waals surface area (Å²) in [5.41, 5.74) is -1.74. The van der Waals surface area contributed by atoms with Crippen LogP contribution >= 0.6 is 0 Å². The number of pyridine rings is 1. The molecule has 0 fully saturated rings. The molecular weight excluding hydrogens is 349 g/mol. The number of rotatable bonds is 6. The number of benzene rings is 1. The molecule has 1 amide bonds. The molecule has 0 aliphatic rings. The van der Waals surface area contributed by atoms with Crippen molar-refractivity contribution in [2.45, 2.75) is 32.6 Å². The van der Waals surface area contributed by atoms with Gasteiger partial charge in [-0.1, -0.05) is 12.1 Å². The maximum absolute atomic E-state index is 12.8. The van der Waals surface area contributed by atoms with Gasteiger partial charge in [-0.25, -0.2) is 0 Å². The maximum atomic E-state index is 12.8. The first kappa shape index (κ1) is 19.6. The highest BCUT2D eigenvalue weighted by Gasteiger charge is 2.34. The smallest absolute Gasteiger partial charge is 0.421 e. The predicted octanol–water partition coefficient (Wildman–Crippen LogP) is 3.14. The van der Waals surface area contributed by atoms with Gasteiger partial charge in [0, 0.05) is 6.20 Å². The maximum Gasteiger partial charge on any atom is 0.421 e. The standard InChI is InChI=1S/C18H19F3N2O3/c1-3-26-14-8-6-13(7-9-14)12(2)22-16(24)11-23-10-4-5-15(17(23)25)18(19,20)21/h4-10,12H,3,11H2,1-2H3,(H,22,24). The van der Waals surface area contributed by atoms with E-state index in [0.29, 0.717) is 18.4 Å². The fourth-order valence-corrected chi connectivity index (χ4v) is 2.42. The first-order valence-corrected chi connectivity index (χ1v) is 8.01. The van der Waals surface area contributed by atoms with Gasteiger partial charge in [0.1, 0.15) is 17.9 Å². The fraction of sp³-hybridized carbons (Fsp3) is 0.333. The lowest BCUT2D eigenvalue weighted by Crippen LogP contribution is -2.35. The Balaban J connectivity index is 2.06. The second-order valence-electron chi connectivity index (χ2n) is 5.64. The van der Waals surface area contributed by atoms with Gasteiger partial charge in [0.2, 0.25) is 5.91 Å². The summed E-state index contributed by atoms with van der Waals surface area (Å²) in [6, 6.07) is 8.50. The van der Waals surface area contributed by atoms with Crippen LogP contribution in [0.3, 0.4) is 0 Å². The van der Waals surface area contributed by atoms with Crippen LogP contribution in [0, 0.1) is 0 Å². The molecule has 5 nitrogen and oxygen atoms in total. The molecule has 140 valence electrons. The molecule has 0 saturated carbocycles. The van der Waals surface area contributed by atoms with E-state index in [2.05, 4.69) is 5.32 Å². The van der Waals surface area contributed by atoms with Crippen LogP contribution in [0.5, 0.6) is 5.75 Å². The number of nitrogens with zero attached hydrogens (tertiary/aromatic N) is 1. The third-order valence-corrected chi connectivity index (χ3v) is 3.71. The molecule has 0 radical (unpaired) electrons. The average Bonchev–Trinajstić information content (AvgIpc) is 2.56. The van der Waals surface area contributed by atoms with Crippen LogP contribution in [0.2, 0.25) is 0 Å². The first-order chi connectivity index (χ1) is 12.2. The van der Waals surface area contributed by atoms with Gasteiger partial charge in [-0.15, -0.1) is 0 Å². The first-order valence-electron chi connectivity index (χ1n) is 8.01. The highest BCUT2D eigenvalue weighted by atomic mass is 19.4. The minimum atomic E-state index is -4.76. The Bertz CT molecular complexity index is 814. The van der Waals surface area contributed by atoms with Gasteiger partial charge in [-0.05, 0) is 43.7 Å². The van der Waals surface area contributed by atoms with E-state index in [4.69, 9.17) is 4.74 Å². The molecular formula is C18H19F3N2O3. The third-order valence-electron chi connectivity index (χ3n) is 3.71. The number of carbonyl (C=O) groups is 1. The molecule has 2 rings (SSSR count). The number of aromatic nitrogens is 1. The molecule has 1 aromatic heterocycles. The van der Waals surface area contributed by atoms with Crippen molar-refractivity contribution in [2.75, 3.05) is 6.61 Å². The Morgan fingerprint density at radius 1 is 1.23 bits per heavy atom. The van der Waals surface area contributed by atoms with Crippen LogP contribution in [-0.4, -0.2) is 17.1 Å². The zero-order valence-corrected chi connectivity index (χ0v) is 14.3. The lowest BCUT2D eigenvalue weighted by Gasteiger charge is -2.16. The van der Waals surface area contributed by atoms with Gasteiger partial charge in [-0.3, -0.25) is 9.59 Å². The molecule has 8 heteroatoms. The monoisotopic (exact) mass is 368 g/mol. The zero-order valence-electron chi connectivity index (χ0n) is 14.3. The highest BCUT2D eigenvalue weighted by Crippen LogP contribution is 2.26. The molecule has 0 aliphatic carbocycles. The van der Waals surface area contributed by atoms with E-state index in [1.807, 2.05) is 6.92 Å². The van der Waals surface area contributed by atoms with E-state index in [1.165, 1.54) is 0 Å². The summed E-state index contributed by atoms with van der Waals surface area (Å²) in [4.78, 5) is 24.0. The topological polar surface area (TPSA) is 60.3 Å². The lowest BCUT2D eigenvalue weighted by molar-refractivity contribution is -0.139. The summed E-state index contributed by atoms with van der Waals surface area (Å²) in [7, 11) is 0. The van der Waals surface area contributed by atoms with E-state index in [1.54, 1.807) is 31.2 Å². The summed E-state index contributed by atoms with van der Waals surface area (Å²) in [5, 5.41) is 2.66. The van der Waals surface area contributed by atoms with Gasteiger partial charge in [0.25, 0.3) is 5.56 Å². The zero-order chi connectivity index (χ0) is 19.3. The summed E-state index contributed by atoms with van der Waals surface area (Å²) in [6.07, 6.45) is -3.61. The Morgan fingerprint density at radius 3 is 2.46 bits per heavy atom. The van der Waals surface area contributed by atoms with Crippen LogP contribution in [0.15, 0.2) is 47.4 Å². The molecule has 1 N–H and O–H groups in total. The largest absolute Gasteiger partial charge is 0.494 e. The molecule has 0 spiro atoms. The van der Waals surface area contributed by atoms with Crippen molar-refractivity contribution >= 4 is 5.91 Å². The summed E-state index contributed by atoms with van der Waals surface area (Å²) >= 11 is 0. The normalized spacial score (nSPS) is 12.5. The molecule has 26 heavy (non-hydrogen) atoms. The van der Waals surface area contributed by atoms with Gasteiger partial charge in [-0.2, -0.15) is 13.2 Å². The number of halogens is 3. The number of alkyl halides is 3. The van der Waals surface area contributed by atoms with Crippen molar-refractivity contribution in [3.05, 3.63) is 64.1 Å². The Hall–Kier alpha value is -2.77. The van der Waals surface area contributed by atoms with Crippen LogP contribution < -0.4 is 15.6 Å². The Morgan fingerprint density at radius 2 is 1.88 bits per heavy atom. The number of nitrogens with one attached hydrogen (secondary N) is 1. The SMILES string of the molecule is CCOc1ccc(C(C)NC(=O)Cn2cccc(C(F)(F)F)c2=O)cc1. The van der Waals surface area contributed by atoms with E-state index < -0.39 is 29.8 Å². The number of hydrogen-bond donors (Lipinski definition) is 1. The number of ether oxygens (including phenoxy) is 1. The molecule has 0 aliphatic heterocycles. The third kappa shape index (κ3) is 4.87. The molecule has 1 unspecified atom stereocenters. The highest BCUT2D eigenvalue weighted by molar-refractivity contribution is 5.76. The van der Waals surface area contributed by atoms with Gasteiger partial charge in [0.05, 0.1) is 12.6 Å². The van der Waals surface area contributed by atoms with Crippen molar-refractivity contribution in [1.29, 1.82) is 0 Å². The molecule has 0 bridgehead atoms. The average molecular weight is 368 g/mol. The van der Waals surface area contributed by atoms with Crippen LogP contribution in [0.4, 0.5) is 13.2 Å². The van der Waals surface area contributed by atoms with Crippen LogP contribution in [0.1, 0.15) is 31.0 Å². The van der Waals surface area contributed by atoms with Crippen LogP contribution in [0.25, 0.3) is 0 Å². The number of amides is 1. The van der Waals surface area contributed by atoms with Crippen molar-refractivity contribution < 1.29 is 22.7 Å². The van der Waals surface area contributed by atoms with Crippen molar-refractivity contribution in [1.82, 2.24) is 9.88 Å². The lowest BCUT2D eigenvalue weighted by atomic mass is 10.1. The van der Waals surface area contributed by atoms with E-state index >= 15 is 0 Å². The van der Waals surface area contributed by atoms with E-state index in [-0.39, 0.29) is 6.04 Å². The summed E-state index contributed by atoms with van der Waals surface area (Å²) in [5.74, 6) is 0.137. The van der Waals surface area contributed by atoms with E-state index in [9.17, 15) is 22.8 Å². The summed E-state index contributed by atoms with van der Waals surface area (Å²) < 4.78 is 44.4. The van der Waals surface area contributed by atoms with Crippen molar-refractivity contribution in [2.24, 2.45) is 0 Å². The molecule has 0 saturated heterocycles. The second-order valence-corrected chi connectivity index (χ2v) is 5.64. The molecule has 1 aromatic carbocycles. The van der Waals surface area contributed by atoms with Gasteiger partial charge < -0.3 is 14.6 Å². The second kappa shape index (κ2) is 8.07. The number of hydrogen-bond acceptors (Lipinski definition) is 3. The predicted molar refractivity (Wildman–Crippen MR) is 89.9 cm³/mol. The van der Waals surface area contributed by atoms with Crippen LogP contribution in [-0.2, 0) is 17.5 Å². The quantitative estimate of drug-likeness (QED) is 0.852. The molecule has 2 aromatic rings. The Kier molecular flexibility index (Phi) is 6.07. The minimum Gasteiger partial charge on any atom is -0.494 e. The van der Waals surface area contributed by atoms with Gasteiger partial charge >= 0.3 is 6.18 Å². The molecule has 1 heterocycles.